The van der Waals surface area contributed by atoms with Crippen molar-refractivity contribution in [3.63, 3.8) is 0 Å². The number of methoxy groups -OCH3 is 1. The molecule has 0 N–H and O–H groups in total. The minimum Gasteiger partial charge on any atom is -0.497 e. The van der Waals surface area contributed by atoms with Crippen LogP contribution >= 0.6 is 0 Å². The van der Waals surface area contributed by atoms with E-state index in [0.29, 0.717) is 5.92 Å². The Morgan fingerprint density at radius 1 is 1.22 bits per heavy atom. The molecule has 3 heterocycles. The van der Waals surface area contributed by atoms with Crippen molar-refractivity contribution in [1.82, 2.24) is 4.90 Å². The second-order valence-corrected chi connectivity index (χ2v) is 11.0. The second kappa shape index (κ2) is 7.36. The lowest BCUT2D eigenvalue weighted by Gasteiger charge is -2.49. The highest BCUT2D eigenvalue weighted by Gasteiger charge is 2.78. The first-order valence-electron chi connectivity index (χ1n) is 12.4. The fraction of sp³-hybridized carbons (Fsp3) is 0.731. The standard InChI is InChI=1S/C26H36N2O4/c1-17-6-5-9-25(2)15-21-22(23-26(17,25)32-23)20(24(29)31-21)16-27-10-12-28(13-11-27)18-7-4-8-19(14-18)30-3/h4,7-8,14,17,20-23H,5-6,9-13,15-16H2,1-3H3/t17-,20+,21-,22+,23+,25+,26-/m1/s1. The molecule has 2 saturated carbocycles. The van der Waals surface area contributed by atoms with Gasteiger partial charge < -0.3 is 19.1 Å². The zero-order valence-electron chi connectivity index (χ0n) is 19.6. The fourth-order valence-corrected chi connectivity index (χ4v) is 7.72. The molecule has 0 amide bonds. The number of rotatable bonds is 4. The van der Waals surface area contributed by atoms with Gasteiger partial charge in [-0.2, -0.15) is 0 Å². The van der Waals surface area contributed by atoms with E-state index < -0.39 is 0 Å². The Balaban J connectivity index is 1.13. The molecule has 32 heavy (non-hydrogen) atoms. The van der Waals surface area contributed by atoms with Gasteiger partial charge in [-0.1, -0.05) is 26.3 Å². The van der Waals surface area contributed by atoms with Gasteiger partial charge >= 0.3 is 5.97 Å². The smallest absolute Gasteiger partial charge is 0.311 e. The molecular formula is C26H36N2O4. The molecule has 1 aromatic carbocycles. The van der Waals surface area contributed by atoms with Gasteiger partial charge in [0.15, 0.2) is 0 Å². The summed E-state index contributed by atoms with van der Waals surface area (Å²) < 4.78 is 18.0. The fourth-order valence-electron chi connectivity index (χ4n) is 7.72. The number of hydrogen-bond donors (Lipinski definition) is 0. The van der Waals surface area contributed by atoms with E-state index in [1.807, 2.05) is 12.1 Å². The van der Waals surface area contributed by atoms with Crippen LogP contribution in [0.15, 0.2) is 24.3 Å². The summed E-state index contributed by atoms with van der Waals surface area (Å²) in [4.78, 5) is 17.9. The number of nitrogens with zero attached hydrogens (tertiary/aromatic N) is 2. The van der Waals surface area contributed by atoms with Gasteiger partial charge in [0.1, 0.15) is 17.5 Å². The van der Waals surface area contributed by atoms with Gasteiger partial charge in [0, 0.05) is 55.8 Å². The van der Waals surface area contributed by atoms with Gasteiger partial charge in [-0.15, -0.1) is 0 Å². The predicted molar refractivity (Wildman–Crippen MR) is 122 cm³/mol. The summed E-state index contributed by atoms with van der Waals surface area (Å²) in [5, 5.41) is 0. The summed E-state index contributed by atoms with van der Waals surface area (Å²) in [5.41, 5.74) is 1.35. The highest BCUT2D eigenvalue weighted by molar-refractivity contribution is 5.76. The predicted octanol–water partition coefficient (Wildman–Crippen LogP) is 3.34. The number of esters is 1. The van der Waals surface area contributed by atoms with Crippen LogP contribution in [0.2, 0.25) is 0 Å². The summed E-state index contributed by atoms with van der Waals surface area (Å²) in [5.74, 6) is 1.66. The minimum atomic E-state index is -0.0496. The molecule has 3 aliphatic heterocycles. The molecule has 1 aromatic rings. The average Bonchev–Trinajstić information content (AvgIpc) is 3.48. The molecule has 3 saturated heterocycles. The number of carbonyl (C=O) groups is 1. The lowest BCUT2D eigenvalue weighted by molar-refractivity contribution is -0.146. The molecule has 6 rings (SSSR count). The van der Waals surface area contributed by atoms with E-state index in [4.69, 9.17) is 14.2 Å². The monoisotopic (exact) mass is 440 g/mol. The molecule has 0 radical (unpaired) electrons. The molecule has 2 aliphatic carbocycles. The van der Waals surface area contributed by atoms with Crippen LogP contribution in [0.25, 0.3) is 0 Å². The summed E-state index contributed by atoms with van der Waals surface area (Å²) in [6, 6.07) is 8.27. The van der Waals surface area contributed by atoms with Crippen molar-refractivity contribution in [2.75, 3.05) is 44.7 Å². The number of epoxide rings is 1. The van der Waals surface area contributed by atoms with E-state index in [-0.39, 0.29) is 41.0 Å². The summed E-state index contributed by atoms with van der Waals surface area (Å²) in [6.07, 6.45) is 4.94. The number of fused-ring (bicyclic) bond motifs is 2. The normalized spacial score (nSPS) is 43.2. The molecule has 0 aromatic heterocycles. The zero-order valence-corrected chi connectivity index (χ0v) is 19.6. The van der Waals surface area contributed by atoms with Crippen molar-refractivity contribution in [3.8, 4) is 5.75 Å². The third-order valence-corrected chi connectivity index (χ3v) is 9.44. The maximum atomic E-state index is 13.0. The lowest BCUT2D eigenvalue weighted by atomic mass is 9.53. The molecule has 0 bridgehead atoms. The number of anilines is 1. The van der Waals surface area contributed by atoms with Crippen LogP contribution in [0.1, 0.15) is 39.5 Å². The Morgan fingerprint density at radius 3 is 2.81 bits per heavy atom. The Labute approximate surface area is 191 Å². The quantitative estimate of drug-likeness (QED) is 0.529. The van der Waals surface area contributed by atoms with Crippen LogP contribution in [0, 0.1) is 23.2 Å². The zero-order chi connectivity index (χ0) is 22.1. The van der Waals surface area contributed by atoms with Gasteiger partial charge in [0.2, 0.25) is 0 Å². The van der Waals surface area contributed by atoms with Gasteiger partial charge in [0.25, 0.3) is 0 Å². The Hall–Kier alpha value is -1.79. The van der Waals surface area contributed by atoms with E-state index in [1.54, 1.807) is 7.11 Å². The number of ether oxygens (including phenoxy) is 3. The highest BCUT2D eigenvalue weighted by Crippen LogP contribution is 2.70. The number of carbonyl (C=O) groups excluding carboxylic acids is 1. The van der Waals surface area contributed by atoms with Crippen molar-refractivity contribution >= 4 is 11.7 Å². The third-order valence-electron chi connectivity index (χ3n) is 9.44. The first-order valence-corrected chi connectivity index (χ1v) is 12.4. The lowest BCUT2D eigenvalue weighted by Crippen LogP contribution is -2.55. The van der Waals surface area contributed by atoms with Gasteiger partial charge in [-0.05, 0) is 37.3 Å². The maximum Gasteiger partial charge on any atom is 0.311 e. The number of piperazine rings is 1. The molecule has 1 spiro atoms. The van der Waals surface area contributed by atoms with Gasteiger partial charge in [-0.3, -0.25) is 9.69 Å². The van der Waals surface area contributed by atoms with Crippen molar-refractivity contribution in [1.29, 1.82) is 0 Å². The van der Waals surface area contributed by atoms with Crippen LogP contribution in [-0.2, 0) is 14.3 Å². The topological polar surface area (TPSA) is 54.5 Å². The highest BCUT2D eigenvalue weighted by atomic mass is 16.6. The molecule has 174 valence electrons. The first-order chi connectivity index (χ1) is 15.4. The van der Waals surface area contributed by atoms with E-state index >= 15 is 0 Å². The summed E-state index contributed by atoms with van der Waals surface area (Å²) in [7, 11) is 1.71. The third kappa shape index (κ3) is 2.95. The Bertz CT molecular complexity index is 900. The summed E-state index contributed by atoms with van der Waals surface area (Å²) in [6.45, 7) is 9.39. The largest absolute Gasteiger partial charge is 0.497 e. The molecule has 5 fully saturated rings. The number of hydrogen-bond acceptors (Lipinski definition) is 6. The Morgan fingerprint density at radius 2 is 2.03 bits per heavy atom. The molecular weight excluding hydrogens is 404 g/mol. The van der Waals surface area contributed by atoms with E-state index in [0.717, 1.165) is 44.9 Å². The van der Waals surface area contributed by atoms with Crippen molar-refractivity contribution in [2.24, 2.45) is 23.2 Å². The van der Waals surface area contributed by atoms with Gasteiger partial charge in [-0.25, -0.2) is 0 Å². The van der Waals surface area contributed by atoms with Crippen molar-refractivity contribution in [2.45, 2.75) is 57.3 Å². The minimum absolute atomic E-state index is 0.00998. The van der Waals surface area contributed by atoms with Crippen LogP contribution in [-0.4, -0.2) is 68.5 Å². The molecule has 6 heteroatoms. The van der Waals surface area contributed by atoms with Crippen LogP contribution in [0.4, 0.5) is 5.69 Å². The average molecular weight is 441 g/mol. The molecule has 0 unspecified atom stereocenters. The van der Waals surface area contributed by atoms with Crippen molar-refractivity contribution < 1.29 is 19.0 Å². The Kier molecular flexibility index (Phi) is 4.78. The van der Waals surface area contributed by atoms with Crippen LogP contribution in [0.3, 0.4) is 0 Å². The number of benzene rings is 1. The van der Waals surface area contributed by atoms with Crippen molar-refractivity contribution in [3.05, 3.63) is 24.3 Å². The molecule has 6 nitrogen and oxygen atoms in total. The van der Waals surface area contributed by atoms with E-state index in [1.165, 1.54) is 24.9 Å². The SMILES string of the molecule is COc1cccc(N2CCN(C[C@@H]3C(=O)O[C@@H]4C[C@]5(C)CCC[C@@H](C)[C@]56O[C@H]6[C@@H]34)CC2)c1. The first kappa shape index (κ1) is 20.8. The molecule has 5 aliphatic rings. The molecule has 7 atom stereocenters. The van der Waals surface area contributed by atoms with Crippen LogP contribution in [0.5, 0.6) is 5.75 Å². The second-order valence-electron chi connectivity index (χ2n) is 11.0. The summed E-state index contributed by atoms with van der Waals surface area (Å²) >= 11 is 0. The van der Waals surface area contributed by atoms with Crippen LogP contribution < -0.4 is 9.64 Å². The van der Waals surface area contributed by atoms with E-state index in [9.17, 15) is 4.79 Å². The van der Waals surface area contributed by atoms with Gasteiger partial charge in [0.05, 0.1) is 19.1 Å². The van der Waals surface area contributed by atoms with E-state index in [2.05, 4.69) is 35.8 Å². The maximum absolute atomic E-state index is 13.0.